The summed E-state index contributed by atoms with van der Waals surface area (Å²) in [7, 11) is 0. The van der Waals surface area contributed by atoms with E-state index in [0.717, 1.165) is 29.8 Å². The molecule has 0 aliphatic carbocycles. The quantitative estimate of drug-likeness (QED) is 0.801. The Morgan fingerprint density at radius 1 is 1.22 bits per heavy atom. The van der Waals surface area contributed by atoms with Crippen molar-refractivity contribution in [3.05, 3.63) is 52.3 Å². The first kappa shape index (κ1) is 11.5. The van der Waals surface area contributed by atoms with Gasteiger partial charge in [0.1, 0.15) is 5.82 Å². The van der Waals surface area contributed by atoms with Crippen LogP contribution < -0.4 is 5.32 Å². The maximum atomic E-state index is 13.4. The van der Waals surface area contributed by atoms with Gasteiger partial charge < -0.3 is 5.32 Å². The summed E-state index contributed by atoms with van der Waals surface area (Å²) in [4.78, 5) is 0. The predicted octanol–water partition coefficient (Wildman–Crippen LogP) is 4.42. The van der Waals surface area contributed by atoms with Crippen molar-refractivity contribution in [1.82, 2.24) is 0 Å². The molecule has 0 amide bonds. The molecule has 3 heteroatoms. The number of anilines is 1. The van der Waals surface area contributed by atoms with Crippen LogP contribution in [0.2, 0.25) is 5.02 Å². The van der Waals surface area contributed by atoms with E-state index in [0.29, 0.717) is 10.6 Å². The third-order valence-electron chi connectivity index (χ3n) is 3.38. The van der Waals surface area contributed by atoms with Gasteiger partial charge >= 0.3 is 0 Å². The molecule has 2 aromatic carbocycles. The van der Waals surface area contributed by atoms with Crippen LogP contribution in [0.5, 0.6) is 0 Å². The molecule has 1 aliphatic rings. The average Bonchev–Trinajstić information content (AvgIpc) is 2.80. The maximum Gasteiger partial charge on any atom is 0.127 e. The van der Waals surface area contributed by atoms with Crippen LogP contribution in [-0.2, 0) is 6.42 Å². The van der Waals surface area contributed by atoms with Crippen LogP contribution in [0, 0.1) is 12.7 Å². The Hall–Kier alpha value is -1.54. The van der Waals surface area contributed by atoms with Gasteiger partial charge in [-0.2, -0.15) is 0 Å². The molecule has 0 unspecified atom stereocenters. The molecule has 0 aromatic heterocycles. The van der Waals surface area contributed by atoms with Gasteiger partial charge in [-0.3, -0.25) is 0 Å². The zero-order chi connectivity index (χ0) is 12.7. The van der Waals surface area contributed by atoms with Crippen molar-refractivity contribution in [2.45, 2.75) is 13.3 Å². The van der Waals surface area contributed by atoms with E-state index >= 15 is 0 Å². The number of fused-ring (bicyclic) bond motifs is 1. The highest BCUT2D eigenvalue weighted by atomic mass is 35.5. The second kappa shape index (κ2) is 4.29. The van der Waals surface area contributed by atoms with Crippen LogP contribution in [0.15, 0.2) is 30.3 Å². The van der Waals surface area contributed by atoms with Crippen molar-refractivity contribution >= 4 is 17.3 Å². The van der Waals surface area contributed by atoms with E-state index in [1.165, 1.54) is 11.6 Å². The first-order valence-electron chi connectivity index (χ1n) is 5.98. The fourth-order valence-corrected chi connectivity index (χ4v) is 2.60. The van der Waals surface area contributed by atoms with E-state index in [1.807, 2.05) is 6.07 Å². The molecule has 1 heterocycles. The van der Waals surface area contributed by atoms with Crippen LogP contribution in [0.1, 0.15) is 11.1 Å². The van der Waals surface area contributed by atoms with Crippen LogP contribution in [0.3, 0.4) is 0 Å². The molecular weight excluding hydrogens is 249 g/mol. The number of rotatable bonds is 1. The topological polar surface area (TPSA) is 12.0 Å². The minimum absolute atomic E-state index is 0.261. The molecule has 18 heavy (non-hydrogen) atoms. The summed E-state index contributed by atoms with van der Waals surface area (Å²) >= 11 is 6.13. The molecule has 92 valence electrons. The zero-order valence-corrected chi connectivity index (χ0v) is 10.8. The van der Waals surface area contributed by atoms with E-state index in [2.05, 4.69) is 17.4 Å². The number of aryl methyl sites for hydroxylation is 1. The van der Waals surface area contributed by atoms with E-state index in [-0.39, 0.29) is 5.82 Å². The van der Waals surface area contributed by atoms with Crippen molar-refractivity contribution in [2.24, 2.45) is 0 Å². The summed E-state index contributed by atoms with van der Waals surface area (Å²) in [5, 5.41) is 3.79. The van der Waals surface area contributed by atoms with Crippen LogP contribution in [0.4, 0.5) is 10.1 Å². The fourth-order valence-electron chi connectivity index (χ4n) is 2.34. The van der Waals surface area contributed by atoms with Crippen molar-refractivity contribution in [3.8, 4) is 11.1 Å². The Labute approximate surface area is 111 Å². The number of hydrogen-bond acceptors (Lipinski definition) is 1. The SMILES string of the molecule is Cc1cc(-c2ccc3c(c2)NCC3)c(Cl)cc1F. The molecule has 3 rings (SSSR count). The largest absolute Gasteiger partial charge is 0.384 e. The monoisotopic (exact) mass is 261 g/mol. The standard InChI is InChI=1S/C15H13ClFN/c1-9-6-12(13(16)8-14(9)17)11-3-2-10-4-5-18-15(10)7-11/h2-3,6-8,18H,4-5H2,1H3. The van der Waals surface area contributed by atoms with Gasteiger partial charge in [0, 0.05) is 17.8 Å². The minimum Gasteiger partial charge on any atom is -0.384 e. The highest BCUT2D eigenvalue weighted by molar-refractivity contribution is 6.33. The maximum absolute atomic E-state index is 13.4. The Balaban J connectivity index is 2.12. The molecule has 0 saturated carbocycles. The Bertz CT molecular complexity index is 622. The summed E-state index contributed by atoms with van der Waals surface area (Å²) in [6.45, 7) is 2.73. The molecule has 0 atom stereocenters. The normalized spacial score (nSPS) is 13.3. The van der Waals surface area contributed by atoms with Gasteiger partial charge in [0.2, 0.25) is 0 Å². The van der Waals surface area contributed by atoms with Crippen LogP contribution in [0.25, 0.3) is 11.1 Å². The van der Waals surface area contributed by atoms with Crippen LogP contribution in [-0.4, -0.2) is 6.54 Å². The van der Waals surface area contributed by atoms with Gasteiger partial charge in [0.05, 0.1) is 5.02 Å². The van der Waals surface area contributed by atoms with Gasteiger partial charge in [0.25, 0.3) is 0 Å². The minimum atomic E-state index is -0.261. The number of hydrogen-bond donors (Lipinski definition) is 1. The third-order valence-corrected chi connectivity index (χ3v) is 3.69. The predicted molar refractivity (Wildman–Crippen MR) is 73.8 cm³/mol. The lowest BCUT2D eigenvalue weighted by atomic mass is 10.0. The lowest BCUT2D eigenvalue weighted by Gasteiger charge is -2.09. The van der Waals surface area contributed by atoms with Gasteiger partial charge in [-0.1, -0.05) is 23.7 Å². The smallest absolute Gasteiger partial charge is 0.127 e. The highest BCUT2D eigenvalue weighted by Crippen LogP contribution is 2.34. The van der Waals surface area contributed by atoms with E-state index < -0.39 is 0 Å². The van der Waals surface area contributed by atoms with Crippen molar-refractivity contribution in [2.75, 3.05) is 11.9 Å². The summed E-state index contributed by atoms with van der Waals surface area (Å²) in [5.41, 5.74) is 5.01. The van der Waals surface area contributed by atoms with E-state index in [1.54, 1.807) is 13.0 Å². The lowest BCUT2D eigenvalue weighted by molar-refractivity contribution is 0.619. The molecule has 0 saturated heterocycles. The molecule has 1 nitrogen and oxygen atoms in total. The summed E-state index contributed by atoms with van der Waals surface area (Å²) < 4.78 is 13.4. The summed E-state index contributed by atoms with van der Waals surface area (Å²) in [5.74, 6) is -0.261. The third kappa shape index (κ3) is 1.87. The Morgan fingerprint density at radius 3 is 2.89 bits per heavy atom. The van der Waals surface area contributed by atoms with Gasteiger partial charge in [0.15, 0.2) is 0 Å². The second-order valence-electron chi connectivity index (χ2n) is 4.63. The van der Waals surface area contributed by atoms with Crippen LogP contribution >= 0.6 is 11.6 Å². The number of halogens is 2. The summed E-state index contributed by atoms with van der Waals surface area (Å²) in [6.07, 6.45) is 1.06. The Morgan fingerprint density at radius 2 is 2.06 bits per heavy atom. The van der Waals surface area contributed by atoms with Crippen molar-refractivity contribution in [1.29, 1.82) is 0 Å². The van der Waals surface area contributed by atoms with E-state index in [4.69, 9.17) is 11.6 Å². The molecular formula is C15H13ClFN. The molecule has 0 spiro atoms. The fraction of sp³-hybridized carbons (Fsp3) is 0.200. The molecule has 1 aliphatic heterocycles. The molecule has 2 aromatic rings. The van der Waals surface area contributed by atoms with E-state index in [9.17, 15) is 4.39 Å². The first-order chi connectivity index (χ1) is 8.65. The van der Waals surface area contributed by atoms with Gasteiger partial charge in [-0.05, 0) is 48.2 Å². The number of benzene rings is 2. The number of nitrogens with one attached hydrogen (secondary N) is 1. The first-order valence-corrected chi connectivity index (χ1v) is 6.36. The lowest BCUT2D eigenvalue weighted by Crippen LogP contribution is -1.91. The van der Waals surface area contributed by atoms with Gasteiger partial charge in [-0.15, -0.1) is 0 Å². The molecule has 0 bridgehead atoms. The highest BCUT2D eigenvalue weighted by Gasteiger charge is 2.13. The second-order valence-corrected chi connectivity index (χ2v) is 5.04. The molecule has 0 radical (unpaired) electrons. The zero-order valence-electron chi connectivity index (χ0n) is 10.1. The summed E-state index contributed by atoms with van der Waals surface area (Å²) in [6, 6.07) is 9.42. The molecule has 1 N–H and O–H groups in total. The van der Waals surface area contributed by atoms with Crippen molar-refractivity contribution in [3.63, 3.8) is 0 Å². The van der Waals surface area contributed by atoms with Crippen molar-refractivity contribution < 1.29 is 4.39 Å². The van der Waals surface area contributed by atoms with Gasteiger partial charge in [-0.25, -0.2) is 4.39 Å². The molecule has 0 fully saturated rings. The average molecular weight is 262 g/mol. The Kier molecular flexibility index (Phi) is 2.75.